The molecule has 0 saturated heterocycles. The van der Waals surface area contributed by atoms with Crippen LogP contribution in [0.15, 0.2) is 0 Å². The molecule has 13 heavy (non-hydrogen) atoms. The van der Waals surface area contributed by atoms with Gasteiger partial charge in [0.25, 0.3) is 0 Å². The normalized spacial score (nSPS) is 28.9. The van der Waals surface area contributed by atoms with Gasteiger partial charge < -0.3 is 9.84 Å². The van der Waals surface area contributed by atoms with E-state index < -0.39 is 5.60 Å². The Bertz CT molecular complexity index is 193. The van der Waals surface area contributed by atoms with Gasteiger partial charge in [0.05, 0.1) is 12.0 Å². The average Bonchev–Trinajstić information content (AvgIpc) is 2.31. The summed E-state index contributed by atoms with van der Waals surface area (Å²) in [6.07, 6.45) is 1.74. The molecule has 3 heteroatoms. The standard InChI is InChI=1S/C10H18O3/c1-10(2,3)13-9(12)7-4-5-8(11)6-7/h7-8,11H,4-6H2,1-3H3/t7-,8-/m1/s1. The monoisotopic (exact) mass is 186 g/mol. The smallest absolute Gasteiger partial charge is 0.309 e. The molecule has 76 valence electrons. The molecule has 0 amide bonds. The molecule has 1 N–H and O–H groups in total. The Morgan fingerprint density at radius 1 is 1.38 bits per heavy atom. The maximum atomic E-state index is 11.5. The summed E-state index contributed by atoms with van der Waals surface area (Å²) in [5.41, 5.74) is -0.412. The molecule has 0 heterocycles. The van der Waals surface area contributed by atoms with Crippen LogP contribution in [-0.4, -0.2) is 22.8 Å². The lowest BCUT2D eigenvalue weighted by atomic mass is 10.1. The fourth-order valence-electron chi connectivity index (χ4n) is 1.56. The molecule has 3 nitrogen and oxygen atoms in total. The Morgan fingerprint density at radius 2 is 2.00 bits per heavy atom. The molecule has 1 aliphatic carbocycles. The van der Waals surface area contributed by atoms with Crippen molar-refractivity contribution in [2.24, 2.45) is 5.92 Å². The van der Waals surface area contributed by atoms with Crippen molar-refractivity contribution in [2.75, 3.05) is 0 Å². The van der Waals surface area contributed by atoms with Crippen LogP contribution in [0.1, 0.15) is 40.0 Å². The lowest BCUT2D eigenvalue weighted by Gasteiger charge is -2.21. The first-order valence-corrected chi connectivity index (χ1v) is 4.79. The lowest BCUT2D eigenvalue weighted by molar-refractivity contribution is -0.160. The summed E-state index contributed by atoms with van der Waals surface area (Å²) in [5, 5.41) is 9.24. The van der Waals surface area contributed by atoms with Gasteiger partial charge in [-0.2, -0.15) is 0 Å². The van der Waals surface area contributed by atoms with Crippen LogP contribution in [0.5, 0.6) is 0 Å². The highest BCUT2D eigenvalue weighted by Crippen LogP contribution is 2.27. The molecule has 1 saturated carbocycles. The number of aliphatic hydroxyl groups excluding tert-OH is 1. The zero-order chi connectivity index (χ0) is 10.1. The van der Waals surface area contributed by atoms with Crippen LogP contribution in [0.2, 0.25) is 0 Å². The summed E-state index contributed by atoms with van der Waals surface area (Å²) in [7, 11) is 0. The van der Waals surface area contributed by atoms with Crippen molar-refractivity contribution >= 4 is 5.97 Å². The minimum Gasteiger partial charge on any atom is -0.460 e. The van der Waals surface area contributed by atoms with Crippen LogP contribution in [0.3, 0.4) is 0 Å². The van der Waals surface area contributed by atoms with Gasteiger partial charge in [-0.3, -0.25) is 4.79 Å². The summed E-state index contributed by atoms with van der Waals surface area (Å²) in [6, 6.07) is 0. The van der Waals surface area contributed by atoms with Crippen LogP contribution >= 0.6 is 0 Å². The van der Waals surface area contributed by atoms with Gasteiger partial charge in [0.2, 0.25) is 0 Å². The number of esters is 1. The number of aliphatic hydroxyl groups is 1. The molecule has 0 radical (unpaired) electrons. The predicted molar refractivity (Wildman–Crippen MR) is 49.2 cm³/mol. The number of carbonyl (C=O) groups excluding carboxylic acids is 1. The molecule has 0 bridgehead atoms. The Hall–Kier alpha value is -0.570. The SMILES string of the molecule is CC(C)(C)OC(=O)[C@@H]1CC[C@@H](O)C1. The van der Waals surface area contributed by atoms with Crippen LogP contribution in [-0.2, 0) is 9.53 Å². The number of rotatable bonds is 1. The van der Waals surface area contributed by atoms with Crippen LogP contribution in [0.4, 0.5) is 0 Å². The Labute approximate surface area is 79.1 Å². The topological polar surface area (TPSA) is 46.5 Å². The van der Waals surface area contributed by atoms with E-state index in [1.165, 1.54) is 0 Å². The largest absolute Gasteiger partial charge is 0.460 e. The highest BCUT2D eigenvalue weighted by Gasteiger charge is 2.31. The quantitative estimate of drug-likeness (QED) is 0.631. The third-order valence-electron chi connectivity index (χ3n) is 2.15. The van der Waals surface area contributed by atoms with E-state index in [0.29, 0.717) is 6.42 Å². The van der Waals surface area contributed by atoms with E-state index in [4.69, 9.17) is 4.74 Å². The summed E-state index contributed by atoms with van der Waals surface area (Å²) in [5.74, 6) is -0.252. The molecule has 1 rings (SSSR count). The molecule has 0 unspecified atom stereocenters. The lowest BCUT2D eigenvalue weighted by Crippen LogP contribution is -2.28. The molecular weight excluding hydrogens is 168 g/mol. The third-order valence-corrected chi connectivity index (χ3v) is 2.15. The van der Waals surface area contributed by atoms with Crippen molar-refractivity contribution in [3.8, 4) is 0 Å². The van der Waals surface area contributed by atoms with Gasteiger partial charge in [0.15, 0.2) is 0 Å². The Balaban J connectivity index is 2.41. The van der Waals surface area contributed by atoms with Gasteiger partial charge in [-0.05, 0) is 40.0 Å². The molecule has 1 fully saturated rings. The second kappa shape index (κ2) is 3.66. The van der Waals surface area contributed by atoms with Gasteiger partial charge in [0.1, 0.15) is 5.60 Å². The first-order chi connectivity index (χ1) is 5.88. The fourth-order valence-corrected chi connectivity index (χ4v) is 1.56. The minimum absolute atomic E-state index is 0.0887. The fraction of sp³-hybridized carbons (Fsp3) is 0.900. The Kier molecular flexibility index (Phi) is 2.96. The van der Waals surface area contributed by atoms with Gasteiger partial charge in [0, 0.05) is 0 Å². The maximum absolute atomic E-state index is 11.5. The summed E-state index contributed by atoms with van der Waals surface area (Å²) < 4.78 is 5.22. The van der Waals surface area contributed by atoms with Crippen molar-refractivity contribution < 1.29 is 14.6 Å². The van der Waals surface area contributed by atoms with Gasteiger partial charge in [-0.25, -0.2) is 0 Å². The number of hydrogen-bond acceptors (Lipinski definition) is 3. The molecule has 0 aromatic heterocycles. The van der Waals surface area contributed by atoms with E-state index in [0.717, 1.165) is 12.8 Å². The Morgan fingerprint density at radius 3 is 2.38 bits per heavy atom. The van der Waals surface area contributed by atoms with Crippen LogP contribution < -0.4 is 0 Å². The summed E-state index contributed by atoms with van der Waals surface area (Å²) in [4.78, 5) is 11.5. The third kappa shape index (κ3) is 3.35. The van der Waals surface area contributed by atoms with Crippen molar-refractivity contribution in [1.82, 2.24) is 0 Å². The minimum atomic E-state index is -0.412. The van der Waals surface area contributed by atoms with Gasteiger partial charge >= 0.3 is 5.97 Å². The summed E-state index contributed by atoms with van der Waals surface area (Å²) in [6.45, 7) is 5.57. The number of ether oxygens (including phenoxy) is 1. The molecule has 0 aromatic carbocycles. The molecule has 0 aliphatic heterocycles. The van der Waals surface area contributed by atoms with Crippen molar-refractivity contribution in [3.63, 3.8) is 0 Å². The molecule has 0 aromatic rings. The molecule has 2 atom stereocenters. The molecule has 1 aliphatic rings. The van der Waals surface area contributed by atoms with E-state index in [9.17, 15) is 9.90 Å². The first kappa shape index (κ1) is 10.5. The molecule has 0 spiro atoms. The van der Waals surface area contributed by atoms with Crippen LogP contribution in [0, 0.1) is 5.92 Å². The van der Waals surface area contributed by atoms with Crippen LogP contribution in [0.25, 0.3) is 0 Å². The average molecular weight is 186 g/mol. The van der Waals surface area contributed by atoms with E-state index in [1.807, 2.05) is 20.8 Å². The maximum Gasteiger partial charge on any atom is 0.309 e. The van der Waals surface area contributed by atoms with E-state index in [1.54, 1.807) is 0 Å². The zero-order valence-corrected chi connectivity index (χ0v) is 8.54. The summed E-state index contributed by atoms with van der Waals surface area (Å²) >= 11 is 0. The number of carbonyl (C=O) groups is 1. The number of hydrogen-bond donors (Lipinski definition) is 1. The second-order valence-electron chi connectivity index (χ2n) is 4.70. The van der Waals surface area contributed by atoms with Gasteiger partial charge in [-0.1, -0.05) is 0 Å². The second-order valence-corrected chi connectivity index (χ2v) is 4.70. The van der Waals surface area contributed by atoms with Crippen molar-refractivity contribution in [2.45, 2.75) is 51.7 Å². The van der Waals surface area contributed by atoms with Crippen molar-refractivity contribution in [3.05, 3.63) is 0 Å². The van der Waals surface area contributed by atoms with E-state index >= 15 is 0 Å². The highest BCUT2D eigenvalue weighted by molar-refractivity contribution is 5.73. The highest BCUT2D eigenvalue weighted by atomic mass is 16.6. The molecular formula is C10H18O3. The van der Waals surface area contributed by atoms with Crippen molar-refractivity contribution in [1.29, 1.82) is 0 Å². The van der Waals surface area contributed by atoms with Gasteiger partial charge in [-0.15, -0.1) is 0 Å². The zero-order valence-electron chi connectivity index (χ0n) is 8.54. The van der Waals surface area contributed by atoms with E-state index in [-0.39, 0.29) is 18.0 Å². The predicted octanol–water partition coefficient (Wildman–Crippen LogP) is 1.49. The van der Waals surface area contributed by atoms with E-state index in [2.05, 4.69) is 0 Å². The first-order valence-electron chi connectivity index (χ1n) is 4.79.